The van der Waals surface area contributed by atoms with Crippen LogP contribution in [0, 0.1) is 11.3 Å². The maximum atomic E-state index is 12.1. The zero-order valence-corrected chi connectivity index (χ0v) is 13.2. The highest BCUT2D eigenvalue weighted by Gasteiger charge is 2.12. The van der Waals surface area contributed by atoms with Gasteiger partial charge >= 0.3 is 0 Å². The minimum atomic E-state index is -0.465. The van der Waals surface area contributed by atoms with E-state index in [4.69, 9.17) is 11.0 Å². The predicted octanol–water partition coefficient (Wildman–Crippen LogP) is 0.463. The van der Waals surface area contributed by atoms with Crippen LogP contribution < -0.4 is 16.6 Å². The van der Waals surface area contributed by atoms with E-state index in [0.29, 0.717) is 41.5 Å². The van der Waals surface area contributed by atoms with E-state index in [1.54, 1.807) is 24.3 Å². The Balaban J connectivity index is 1.61. The lowest BCUT2D eigenvalue weighted by atomic mass is 10.1. The number of fused-ring (bicyclic) bond motifs is 1. The number of nitrogens with zero attached hydrogens (tertiary/aromatic N) is 3. The van der Waals surface area contributed by atoms with Gasteiger partial charge in [-0.1, -0.05) is 12.1 Å². The van der Waals surface area contributed by atoms with Gasteiger partial charge < -0.3 is 16.0 Å². The maximum Gasteiger partial charge on any atom is 0.287 e. The monoisotopic (exact) mass is 337 g/mol. The molecule has 9 heteroatoms. The van der Waals surface area contributed by atoms with Gasteiger partial charge in [0.25, 0.3) is 11.5 Å². The Hall–Kier alpha value is -3.67. The molecular weight excluding hydrogens is 322 g/mol. The third kappa shape index (κ3) is 3.32. The molecule has 5 N–H and O–H groups in total. The van der Waals surface area contributed by atoms with Crippen LogP contribution in [0.4, 0.5) is 5.82 Å². The van der Waals surface area contributed by atoms with Crippen LogP contribution in [-0.4, -0.2) is 32.6 Å². The van der Waals surface area contributed by atoms with Crippen LogP contribution in [0.3, 0.4) is 0 Å². The second-order valence-electron chi connectivity index (χ2n) is 5.37. The number of benzene rings is 1. The van der Waals surface area contributed by atoms with Crippen molar-refractivity contribution in [1.82, 2.24) is 25.5 Å². The van der Waals surface area contributed by atoms with Crippen LogP contribution in [0.2, 0.25) is 0 Å². The predicted molar refractivity (Wildman–Crippen MR) is 90.7 cm³/mol. The quantitative estimate of drug-likeness (QED) is 0.496. The number of amides is 1. The minimum Gasteiger partial charge on any atom is -0.381 e. The Labute approximate surface area is 141 Å². The van der Waals surface area contributed by atoms with Crippen LogP contribution in [0.15, 0.2) is 29.1 Å². The van der Waals surface area contributed by atoms with Crippen LogP contribution in [0.5, 0.6) is 0 Å². The number of nitrogens with two attached hydrogens (primary N) is 1. The number of rotatable bonds is 5. The van der Waals surface area contributed by atoms with Gasteiger partial charge in [-0.05, 0) is 25.0 Å². The zero-order chi connectivity index (χ0) is 17.8. The van der Waals surface area contributed by atoms with Crippen molar-refractivity contribution in [2.24, 2.45) is 0 Å². The van der Waals surface area contributed by atoms with Gasteiger partial charge in [0.05, 0.1) is 16.6 Å². The number of para-hydroxylation sites is 1. The van der Waals surface area contributed by atoms with E-state index in [1.807, 2.05) is 6.07 Å². The molecule has 2 heterocycles. The fraction of sp³-hybridized carbons (Fsp3) is 0.188. The summed E-state index contributed by atoms with van der Waals surface area (Å²) >= 11 is 0. The molecule has 3 aromatic rings. The minimum absolute atomic E-state index is 0.0350. The molecule has 0 atom stereocenters. The molecule has 0 aliphatic carbocycles. The number of aromatic amines is 2. The Kier molecular flexibility index (Phi) is 4.43. The van der Waals surface area contributed by atoms with Crippen molar-refractivity contribution in [2.75, 3.05) is 12.3 Å². The lowest BCUT2D eigenvalue weighted by molar-refractivity contribution is 0.0943. The summed E-state index contributed by atoms with van der Waals surface area (Å²) < 4.78 is 0. The molecule has 0 bridgehead atoms. The molecule has 126 valence electrons. The largest absolute Gasteiger partial charge is 0.381 e. The summed E-state index contributed by atoms with van der Waals surface area (Å²) in [6.45, 7) is 0.346. The molecule has 0 saturated carbocycles. The fourth-order valence-electron chi connectivity index (χ4n) is 2.44. The van der Waals surface area contributed by atoms with E-state index in [-0.39, 0.29) is 17.2 Å². The van der Waals surface area contributed by atoms with Crippen molar-refractivity contribution in [3.8, 4) is 6.07 Å². The SMILES string of the molecule is N#Cc1c(N)n[nH]c1CCCNC(=O)c1nc2ccccc2c(=O)[nH]1. The first-order valence-corrected chi connectivity index (χ1v) is 7.60. The molecule has 0 aliphatic heterocycles. The van der Waals surface area contributed by atoms with E-state index in [9.17, 15) is 9.59 Å². The third-order valence-electron chi connectivity index (χ3n) is 3.70. The average molecular weight is 337 g/mol. The van der Waals surface area contributed by atoms with E-state index in [1.165, 1.54) is 0 Å². The highest BCUT2D eigenvalue weighted by Crippen LogP contribution is 2.13. The van der Waals surface area contributed by atoms with E-state index in [2.05, 4.69) is 25.5 Å². The maximum absolute atomic E-state index is 12.1. The zero-order valence-electron chi connectivity index (χ0n) is 13.2. The van der Waals surface area contributed by atoms with Gasteiger partial charge in [-0.15, -0.1) is 0 Å². The highest BCUT2D eigenvalue weighted by molar-refractivity contribution is 5.92. The second kappa shape index (κ2) is 6.84. The molecule has 0 fully saturated rings. The highest BCUT2D eigenvalue weighted by atomic mass is 16.2. The average Bonchev–Trinajstić information content (AvgIpc) is 2.98. The van der Waals surface area contributed by atoms with Crippen molar-refractivity contribution >= 4 is 22.6 Å². The lowest BCUT2D eigenvalue weighted by Crippen LogP contribution is -2.29. The molecule has 0 unspecified atom stereocenters. The number of nitrogen functional groups attached to an aromatic ring is 1. The number of nitrogens with one attached hydrogen (secondary N) is 3. The van der Waals surface area contributed by atoms with E-state index >= 15 is 0 Å². The smallest absolute Gasteiger partial charge is 0.287 e. The molecule has 1 aromatic carbocycles. The summed E-state index contributed by atoms with van der Waals surface area (Å²) in [6, 6.07) is 8.79. The molecular formula is C16H15N7O2. The van der Waals surface area contributed by atoms with Gasteiger partial charge in [-0.2, -0.15) is 10.4 Å². The second-order valence-corrected chi connectivity index (χ2v) is 5.37. The molecule has 2 aromatic heterocycles. The van der Waals surface area contributed by atoms with Crippen LogP contribution in [0.1, 0.15) is 28.3 Å². The first-order valence-electron chi connectivity index (χ1n) is 7.60. The summed E-state index contributed by atoms with van der Waals surface area (Å²) in [5.41, 5.74) is 6.62. The number of carbonyl (C=O) groups excluding carboxylic acids is 1. The van der Waals surface area contributed by atoms with Gasteiger partial charge in [-0.3, -0.25) is 14.7 Å². The van der Waals surface area contributed by atoms with Gasteiger partial charge in [-0.25, -0.2) is 4.98 Å². The van der Waals surface area contributed by atoms with E-state index in [0.717, 1.165) is 0 Å². The van der Waals surface area contributed by atoms with Crippen molar-refractivity contribution < 1.29 is 4.79 Å². The first kappa shape index (κ1) is 16.2. The Morgan fingerprint density at radius 1 is 1.36 bits per heavy atom. The standard InChI is InChI=1S/C16H15N7O2/c17-8-10-12(22-23-13(10)18)6-3-7-19-16(25)14-20-11-5-2-1-4-9(11)15(24)21-14/h1-2,4-5H,3,6-7H2,(H,19,25)(H3,18,22,23)(H,20,21,24). The topological polar surface area (TPSA) is 153 Å². The fourth-order valence-corrected chi connectivity index (χ4v) is 2.44. The molecule has 1 amide bonds. The first-order chi connectivity index (χ1) is 12.1. The van der Waals surface area contributed by atoms with Crippen LogP contribution in [0.25, 0.3) is 10.9 Å². The summed E-state index contributed by atoms with van der Waals surface area (Å²) in [5, 5.41) is 18.6. The number of H-pyrrole nitrogens is 2. The molecule has 9 nitrogen and oxygen atoms in total. The van der Waals surface area contributed by atoms with Crippen LogP contribution >= 0.6 is 0 Å². The van der Waals surface area contributed by atoms with Gasteiger partial charge in [0.15, 0.2) is 11.6 Å². The number of aryl methyl sites for hydroxylation is 1. The molecule has 0 aliphatic rings. The third-order valence-corrected chi connectivity index (χ3v) is 3.70. The summed E-state index contributed by atoms with van der Waals surface area (Å²) in [5.74, 6) is -0.334. The van der Waals surface area contributed by atoms with Crippen molar-refractivity contribution in [3.63, 3.8) is 0 Å². The Morgan fingerprint density at radius 2 is 2.16 bits per heavy atom. The van der Waals surface area contributed by atoms with E-state index < -0.39 is 5.91 Å². The van der Waals surface area contributed by atoms with Crippen molar-refractivity contribution in [2.45, 2.75) is 12.8 Å². The molecule has 0 radical (unpaired) electrons. The number of carbonyl (C=O) groups is 1. The molecule has 25 heavy (non-hydrogen) atoms. The van der Waals surface area contributed by atoms with Crippen molar-refractivity contribution in [1.29, 1.82) is 5.26 Å². The van der Waals surface area contributed by atoms with Gasteiger partial charge in [0, 0.05) is 6.54 Å². The number of hydrogen-bond acceptors (Lipinski definition) is 6. The summed E-state index contributed by atoms with van der Waals surface area (Å²) in [6.07, 6.45) is 1.08. The summed E-state index contributed by atoms with van der Waals surface area (Å²) in [4.78, 5) is 30.7. The normalized spacial score (nSPS) is 10.5. The number of hydrogen-bond donors (Lipinski definition) is 4. The van der Waals surface area contributed by atoms with Gasteiger partial charge in [0.1, 0.15) is 11.6 Å². The summed E-state index contributed by atoms with van der Waals surface area (Å²) in [7, 11) is 0. The number of nitriles is 1. The molecule has 3 rings (SSSR count). The van der Waals surface area contributed by atoms with Crippen molar-refractivity contribution in [3.05, 3.63) is 51.7 Å². The Morgan fingerprint density at radius 3 is 2.96 bits per heavy atom. The Bertz CT molecular complexity index is 1030. The molecule has 0 saturated heterocycles. The lowest BCUT2D eigenvalue weighted by Gasteiger charge is -2.05. The van der Waals surface area contributed by atoms with Crippen LogP contribution in [-0.2, 0) is 6.42 Å². The number of aromatic nitrogens is 4. The number of anilines is 1. The van der Waals surface area contributed by atoms with Gasteiger partial charge in [0.2, 0.25) is 0 Å². The molecule has 0 spiro atoms.